The van der Waals surface area contributed by atoms with Crippen molar-refractivity contribution in [3.8, 4) is 11.1 Å². The lowest BCUT2D eigenvalue weighted by Gasteiger charge is -2.34. The second-order valence-corrected chi connectivity index (χ2v) is 8.84. The number of hydrogen-bond donors (Lipinski definition) is 1. The summed E-state index contributed by atoms with van der Waals surface area (Å²) in [5.74, 6) is 0.310. The second-order valence-electron chi connectivity index (χ2n) is 8.84. The summed E-state index contributed by atoms with van der Waals surface area (Å²) < 4.78 is 1.73. The van der Waals surface area contributed by atoms with Crippen LogP contribution in [0.3, 0.4) is 0 Å². The van der Waals surface area contributed by atoms with Gasteiger partial charge in [0.15, 0.2) is 0 Å². The molecule has 5 rings (SSSR count). The van der Waals surface area contributed by atoms with Crippen molar-refractivity contribution >= 4 is 16.8 Å². The van der Waals surface area contributed by atoms with Crippen molar-refractivity contribution < 1.29 is 4.79 Å². The third-order valence-electron chi connectivity index (χ3n) is 6.44. The lowest BCUT2D eigenvalue weighted by Crippen LogP contribution is -2.42. The third-order valence-corrected chi connectivity index (χ3v) is 6.44. The first kappa shape index (κ1) is 20.4. The average molecular weight is 429 g/mol. The standard InChI is InChI=1S/C25H28N6O/c1-17-5-6-22-21(12-17)23(19-7-9-26-10-8-19)24(29-22)20-4-3-11-30(14-20)25(32)18(2)13-31-16-27-15-28-31/h5-10,12,15-16,18,20,29H,3-4,11,13-14H2,1-2H3/t18-,20-/m1/s1. The van der Waals surface area contributed by atoms with E-state index in [2.05, 4.69) is 57.3 Å². The molecule has 0 spiro atoms. The molecule has 0 bridgehead atoms. The molecule has 0 radical (unpaired) electrons. The number of fused-ring (bicyclic) bond motifs is 1. The van der Waals surface area contributed by atoms with Gasteiger partial charge in [0, 0.05) is 53.6 Å². The molecule has 0 saturated carbocycles. The Hall–Kier alpha value is -3.48. The number of benzene rings is 1. The summed E-state index contributed by atoms with van der Waals surface area (Å²) in [5, 5.41) is 5.38. The SMILES string of the molecule is Cc1ccc2[nH]c([C@@H]3CCCN(C(=O)[C@H](C)Cn4cncn4)C3)c(-c3ccncc3)c2c1. The molecule has 4 heterocycles. The van der Waals surface area contributed by atoms with Crippen molar-refractivity contribution in [2.45, 2.75) is 39.2 Å². The van der Waals surface area contributed by atoms with E-state index in [1.54, 1.807) is 11.0 Å². The highest BCUT2D eigenvalue weighted by atomic mass is 16.2. The monoisotopic (exact) mass is 428 g/mol. The number of pyridine rings is 1. The van der Waals surface area contributed by atoms with Crippen LogP contribution in [-0.2, 0) is 11.3 Å². The van der Waals surface area contributed by atoms with Crippen LogP contribution >= 0.6 is 0 Å². The van der Waals surface area contributed by atoms with Gasteiger partial charge in [0.1, 0.15) is 12.7 Å². The number of hydrogen-bond acceptors (Lipinski definition) is 4. The van der Waals surface area contributed by atoms with Crippen molar-refractivity contribution in [2.75, 3.05) is 13.1 Å². The minimum absolute atomic E-state index is 0.138. The van der Waals surface area contributed by atoms with Gasteiger partial charge in [-0.25, -0.2) is 4.98 Å². The highest BCUT2D eigenvalue weighted by molar-refractivity contribution is 5.98. The van der Waals surface area contributed by atoms with E-state index in [-0.39, 0.29) is 17.7 Å². The van der Waals surface area contributed by atoms with Gasteiger partial charge in [-0.3, -0.25) is 14.5 Å². The summed E-state index contributed by atoms with van der Waals surface area (Å²) >= 11 is 0. The fourth-order valence-corrected chi connectivity index (χ4v) is 4.87. The topological polar surface area (TPSA) is 79.7 Å². The summed E-state index contributed by atoms with van der Waals surface area (Å²) in [6.45, 7) is 6.18. The zero-order valence-corrected chi connectivity index (χ0v) is 18.5. The Labute approximate surface area is 187 Å². The number of aromatic amines is 1. The van der Waals surface area contributed by atoms with Gasteiger partial charge in [0.2, 0.25) is 5.91 Å². The lowest BCUT2D eigenvalue weighted by molar-refractivity contribution is -0.136. The van der Waals surface area contributed by atoms with Crippen molar-refractivity contribution in [1.29, 1.82) is 0 Å². The Morgan fingerprint density at radius 3 is 2.84 bits per heavy atom. The molecule has 1 fully saturated rings. The number of rotatable bonds is 5. The molecule has 1 aromatic carbocycles. The molecule has 7 nitrogen and oxygen atoms in total. The van der Waals surface area contributed by atoms with Crippen molar-refractivity contribution in [3.63, 3.8) is 0 Å². The maximum atomic E-state index is 13.2. The predicted molar refractivity (Wildman–Crippen MR) is 124 cm³/mol. The average Bonchev–Trinajstić information content (AvgIpc) is 3.46. The smallest absolute Gasteiger partial charge is 0.227 e. The van der Waals surface area contributed by atoms with E-state index < -0.39 is 0 Å². The number of aromatic nitrogens is 5. The van der Waals surface area contributed by atoms with E-state index in [0.29, 0.717) is 6.54 Å². The molecule has 7 heteroatoms. The molecule has 4 aromatic rings. The predicted octanol–water partition coefficient (Wildman–Crippen LogP) is 4.17. The highest BCUT2D eigenvalue weighted by Gasteiger charge is 2.30. The van der Waals surface area contributed by atoms with E-state index in [1.165, 1.54) is 28.5 Å². The van der Waals surface area contributed by atoms with Crippen molar-refractivity contribution in [2.24, 2.45) is 5.92 Å². The fraction of sp³-hybridized carbons (Fsp3) is 0.360. The van der Waals surface area contributed by atoms with Gasteiger partial charge < -0.3 is 9.88 Å². The van der Waals surface area contributed by atoms with Crippen LogP contribution in [-0.4, -0.2) is 48.6 Å². The maximum absolute atomic E-state index is 13.2. The first-order chi connectivity index (χ1) is 15.6. The number of amides is 1. The molecule has 1 aliphatic rings. The molecule has 1 N–H and O–H groups in total. The quantitative estimate of drug-likeness (QED) is 0.517. The number of carbonyl (C=O) groups excluding carboxylic acids is 1. The molecule has 1 amide bonds. The molecule has 3 aromatic heterocycles. The van der Waals surface area contributed by atoms with Crippen LogP contribution in [0, 0.1) is 12.8 Å². The van der Waals surface area contributed by atoms with Crippen LogP contribution in [0.25, 0.3) is 22.0 Å². The number of nitrogens with one attached hydrogen (secondary N) is 1. The molecule has 32 heavy (non-hydrogen) atoms. The van der Waals surface area contributed by atoms with Gasteiger partial charge in [0.05, 0.1) is 12.5 Å². The molecule has 1 aliphatic heterocycles. The van der Waals surface area contributed by atoms with Crippen LogP contribution in [0.1, 0.15) is 36.9 Å². The molecule has 2 atom stereocenters. The van der Waals surface area contributed by atoms with Gasteiger partial charge in [0.25, 0.3) is 0 Å². The lowest BCUT2D eigenvalue weighted by atomic mass is 9.89. The summed E-state index contributed by atoms with van der Waals surface area (Å²) in [6, 6.07) is 10.7. The second kappa shape index (κ2) is 8.57. The van der Waals surface area contributed by atoms with Crippen molar-refractivity contribution in [3.05, 3.63) is 66.6 Å². The number of likely N-dealkylation sites (tertiary alicyclic amines) is 1. The minimum Gasteiger partial charge on any atom is -0.358 e. The Kier molecular flexibility index (Phi) is 5.47. The summed E-state index contributed by atoms with van der Waals surface area (Å²) in [4.78, 5) is 27.1. The number of nitrogens with zero attached hydrogens (tertiary/aromatic N) is 5. The summed E-state index contributed by atoms with van der Waals surface area (Å²) in [7, 11) is 0. The minimum atomic E-state index is -0.138. The molecular formula is C25H28N6O. The number of H-pyrrole nitrogens is 1. The molecule has 0 unspecified atom stereocenters. The summed E-state index contributed by atoms with van der Waals surface area (Å²) in [5.41, 5.74) is 6.00. The molecule has 0 aliphatic carbocycles. The third kappa shape index (κ3) is 3.90. The Morgan fingerprint density at radius 2 is 2.06 bits per heavy atom. The van der Waals surface area contributed by atoms with E-state index in [1.807, 2.05) is 24.2 Å². The Morgan fingerprint density at radius 1 is 1.22 bits per heavy atom. The largest absolute Gasteiger partial charge is 0.358 e. The van der Waals surface area contributed by atoms with E-state index in [9.17, 15) is 4.79 Å². The van der Waals surface area contributed by atoms with Gasteiger partial charge in [-0.1, -0.05) is 18.6 Å². The summed E-state index contributed by atoms with van der Waals surface area (Å²) in [6.07, 6.45) is 8.91. The molecule has 1 saturated heterocycles. The van der Waals surface area contributed by atoms with Gasteiger partial charge in [-0.05, 0) is 49.6 Å². The van der Waals surface area contributed by atoms with Gasteiger partial charge in [-0.2, -0.15) is 5.10 Å². The number of aryl methyl sites for hydroxylation is 1. The first-order valence-electron chi connectivity index (χ1n) is 11.2. The highest BCUT2D eigenvalue weighted by Crippen LogP contribution is 2.39. The number of piperidine rings is 1. The van der Waals surface area contributed by atoms with Gasteiger partial charge in [-0.15, -0.1) is 0 Å². The van der Waals surface area contributed by atoms with Crippen LogP contribution in [0.5, 0.6) is 0 Å². The maximum Gasteiger partial charge on any atom is 0.227 e. The van der Waals surface area contributed by atoms with E-state index in [0.717, 1.165) is 37.0 Å². The van der Waals surface area contributed by atoms with Crippen molar-refractivity contribution in [1.82, 2.24) is 29.6 Å². The van der Waals surface area contributed by atoms with Crippen LogP contribution in [0.15, 0.2) is 55.4 Å². The normalized spacial score (nSPS) is 17.6. The van der Waals surface area contributed by atoms with Crippen LogP contribution < -0.4 is 0 Å². The molecule has 164 valence electrons. The Balaban J connectivity index is 1.45. The van der Waals surface area contributed by atoms with Gasteiger partial charge >= 0.3 is 0 Å². The zero-order valence-electron chi connectivity index (χ0n) is 18.5. The number of carbonyl (C=O) groups is 1. The van der Waals surface area contributed by atoms with E-state index >= 15 is 0 Å². The van der Waals surface area contributed by atoms with E-state index in [4.69, 9.17) is 0 Å². The Bertz CT molecular complexity index is 1210. The van der Waals surface area contributed by atoms with Crippen LogP contribution in [0.2, 0.25) is 0 Å². The fourth-order valence-electron chi connectivity index (χ4n) is 4.87. The first-order valence-corrected chi connectivity index (χ1v) is 11.2. The van der Waals surface area contributed by atoms with Crippen LogP contribution in [0.4, 0.5) is 0 Å². The molecular weight excluding hydrogens is 400 g/mol. The zero-order chi connectivity index (χ0) is 22.1.